The molecular formula is C21H18BrN3O3. The molecule has 1 atom stereocenters. The van der Waals surface area contributed by atoms with Gasteiger partial charge < -0.3 is 10.6 Å². The van der Waals surface area contributed by atoms with Gasteiger partial charge in [-0.1, -0.05) is 34.1 Å². The maximum atomic E-state index is 13.2. The quantitative estimate of drug-likeness (QED) is 0.701. The molecule has 6 nitrogen and oxygen atoms in total. The van der Waals surface area contributed by atoms with E-state index in [1.165, 1.54) is 0 Å². The van der Waals surface area contributed by atoms with Crippen molar-refractivity contribution in [1.29, 1.82) is 0 Å². The number of hydrogen-bond acceptors (Lipinski definition) is 4. The number of Topliss-reactive ketones (excluding diaryl/α,β-unsaturated/α-hetero) is 1. The summed E-state index contributed by atoms with van der Waals surface area (Å²) in [4.78, 5) is 40.2. The van der Waals surface area contributed by atoms with Crippen LogP contribution in [0, 0.1) is 5.92 Å². The van der Waals surface area contributed by atoms with E-state index < -0.39 is 5.92 Å². The molecule has 1 fully saturated rings. The maximum absolute atomic E-state index is 13.2. The fraction of sp³-hybridized carbons (Fsp3) is 0.190. The van der Waals surface area contributed by atoms with Crippen LogP contribution in [-0.4, -0.2) is 35.6 Å². The van der Waals surface area contributed by atoms with Gasteiger partial charge in [-0.05, 0) is 36.4 Å². The molecule has 0 aromatic heterocycles. The highest BCUT2D eigenvalue weighted by molar-refractivity contribution is 9.10. The number of para-hydroxylation sites is 1. The van der Waals surface area contributed by atoms with E-state index in [4.69, 9.17) is 0 Å². The van der Waals surface area contributed by atoms with Crippen LogP contribution in [0.15, 0.2) is 70.5 Å². The standard InChI is InChI=1S/C21H18BrN3O3/c22-14-8-6-13(7-9-14)19(27)18-16(21(28)25-11-10-23-20(18)25)12-17(26)24-15-4-2-1-3-5-15/h1-9,16,23H,10-12H2,(H,24,26)/t16-/m0/s1. The molecule has 2 heterocycles. The number of hydrogen-bond donors (Lipinski definition) is 2. The third kappa shape index (κ3) is 3.45. The summed E-state index contributed by atoms with van der Waals surface area (Å²) in [7, 11) is 0. The Morgan fingerprint density at radius 2 is 1.82 bits per heavy atom. The Labute approximate surface area is 170 Å². The SMILES string of the molecule is O=C(C[C@@H]1C(=O)N2CCNC2=C1C(=O)c1ccc(Br)cc1)Nc1ccccc1. The summed E-state index contributed by atoms with van der Waals surface area (Å²) in [5, 5.41) is 5.93. The topological polar surface area (TPSA) is 78.5 Å². The lowest BCUT2D eigenvalue weighted by molar-refractivity contribution is -0.132. The molecule has 7 heteroatoms. The van der Waals surface area contributed by atoms with E-state index in [9.17, 15) is 14.4 Å². The van der Waals surface area contributed by atoms with Crippen LogP contribution in [0.25, 0.3) is 0 Å². The first-order valence-corrected chi connectivity index (χ1v) is 9.78. The number of anilines is 1. The number of halogens is 1. The van der Waals surface area contributed by atoms with E-state index in [2.05, 4.69) is 26.6 Å². The van der Waals surface area contributed by atoms with Crippen molar-refractivity contribution in [1.82, 2.24) is 10.2 Å². The molecule has 0 spiro atoms. The lowest BCUT2D eigenvalue weighted by Gasteiger charge is -2.14. The molecule has 2 N–H and O–H groups in total. The van der Waals surface area contributed by atoms with Crippen LogP contribution in [0.2, 0.25) is 0 Å². The van der Waals surface area contributed by atoms with Crippen LogP contribution >= 0.6 is 15.9 Å². The number of carbonyl (C=O) groups is 3. The van der Waals surface area contributed by atoms with Gasteiger partial charge in [0.1, 0.15) is 5.82 Å². The molecule has 2 aliphatic rings. The van der Waals surface area contributed by atoms with Gasteiger partial charge in [-0.2, -0.15) is 0 Å². The molecule has 0 bridgehead atoms. The monoisotopic (exact) mass is 439 g/mol. The normalized spacial score (nSPS) is 18.1. The van der Waals surface area contributed by atoms with E-state index in [0.717, 1.165) is 4.47 Å². The van der Waals surface area contributed by atoms with Gasteiger partial charge in [-0.15, -0.1) is 0 Å². The second kappa shape index (κ2) is 7.59. The van der Waals surface area contributed by atoms with Crippen molar-refractivity contribution in [3.8, 4) is 0 Å². The Balaban J connectivity index is 1.60. The summed E-state index contributed by atoms with van der Waals surface area (Å²) < 4.78 is 0.864. The number of ketones is 1. The van der Waals surface area contributed by atoms with E-state index in [1.807, 2.05) is 18.2 Å². The molecule has 1 saturated heterocycles. The largest absolute Gasteiger partial charge is 0.369 e. The van der Waals surface area contributed by atoms with Crippen LogP contribution in [0.5, 0.6) is 0 Å². The minimum absolute atomic E-state index is 0.0764. The van der Waals surface area contributed by atoms with Gasteiger partial charge in [0.2, 0.25) is 11.8 Å². The summed E-state index contributed by atoms with van der Waals surface area (Å²) in [5.41, 5.74) is 1.51. The summed E-state index contributed by atoms with van der Waals surface area (Å²) in [5.74, 6) is -0.987. The summed E-state index contributed by atoms with van der Waals surface area (Å²) in [6.07, 6.45) is -0.0764. The lowest BCUT2D eigenvalue weighted by atomic mass is 9.90. The number of rotatable bonds is 5. The summed E-state index contributed by atoms with van der Waals surface area (Å²) in [6, 6.07) is 16.0. The number of amides is 2. The van der Waals surface area contributed by atoms with Crippen LogP contribution in [0.1, 0.15) is 16.8 Å². The van der Waals surface area contributed by atoms with E-state index in [1.54, 1.807) is 41.3 Å². The smallest absolute Gasteiger partial charge is 0.236 e. The van der Waals surface area contributed by atoms with Crippen molar-refractivity contribution >= 4 is 39.2 Å². The molecule has 142 valence electrons. The van der Waals surface area contributed by atoms with Crippen LogP contribution in [-0.2, 0) is 9.59 Å². The summed E-state index contributed by atoms with van der Waals surface area (Å²) in [6.45, 7) is 1.10. The highest BCUT2D eigenvalue weighted by Gasteiger charge is 2.45. The molecule has 4 rings (SSSR count). The number of benzene rings is 2. The number of nitrogens with one attached hydrogen (secondary N) is 2. The minimum atomic E-state index is -0.789. The van der Waals surface area contributed by atoms with Gasteiger partial charge in [0.15, 0.2) is 5.78 Å². The second-order valence-electron chi connectivity index (χ2n) is 6.69. The predicted octanol–water partition coefficient (Wildman–Crippen LogP) is 2.93. The zero-order valence-electron chi connectivity index (χ0n) is 14.9. The fourth-order valence-corrected chi connectivity index (χ4v) is 3.83. The predicted molar refractivity (Wildman–Crippen MR) is 108 cm³/mol. The zero-order chi connectivity index (χ0) is 19.7. The van der Waals surface area contributed by atoms with Crippen LogP contribution < -0.4 is 10.6 Å². The van der Waals surface area contributed by atoms with Gasteiger partial charge >= 0.3 is 0 Å². The van der Waals surface area contributed by atoms with Crippen molar-refractivity contribution < 1.29 is 14.4 Å². The molecule has 2 aromatic carbocycles. The van der Waals surface area contributed by atoms with Gasteiger partial charge in [-0.3, -0.25) is 19.3 Å². The van der Waals surface area contributed by atoms with Gasteiger partial charge in [0.05, 0.1) is 11.5 Å². The molecule has 0 saturated carbocycles. The molecule has 0 unspecified atom stereocenters. The molecule has 2 amide bonds. The lowest BCUT2D eigenvalue weighted by Crippen LogP contribution is -2.30. The van der Waals surface area contributed by atoms with E-state index in [-0.39, 0.29) is 24.0 Å². The van der Waals surface area contributed by atoms with Crippen molar-refractivity contribution in [2.75, 3.05) is 18.4 Å². The van der Waals surface area contributed by atoms with Crippen molar-refractivity contribution in [2.24, 2.45) is 5.92 Å². The van der Waals surface area contributed by atoms with Crippen LogP contribution in [0.4, 0.5) is 5.69 Å². The highest BCUT2D eigenvalue weighted by Crippen LogP contribution is 2.35. The summed E-state index contributed by atoms with van der Waals surface area (Å²) >= 11 is 3.36. The van der Waals surface area contributed by atoms with Crippen molar-refractivity contribution in [3.63, 3.8) is 0 Å². The molecule has 2 aromatic rings. The molecule has 28 heavy (non-hydrogen) atoms. The Bertz CT molecular complexity index is 970. The average Bonchev–Trinajstić information content (AvgIpc) is 3.26. The number of fused-ring (bicyclic) bond motifs is 1. The average molecular weight is 440 g/mol. The maximum Gasteiger partial charge on any atom is 0.236 e. The third-order valence-electron chi connectivity index (χ3n) is 4.86. The first kappa shape index (κ1) is 18.4. The van der Waals surface area contributed by atoms with E-state index >= 15 is 0 Å². The Morgan fingerprint density at radius 3 is 2.54 bits per heavy atom. The molecule has 0 radical (unpaired) electrons. The Morgan fingerprint density at radius 1 is 1.11 bits per heavy atom. The second-order valence-corrected chi connectivity index (χ2v) is 7.60. The van der Waals surface area contributed by atoms with Gasteiger partial charge in [0, 0.05) is 35.2 Å². The van der Waals surface area contributed by atoms with Crippen LogP contribution in [0.3, 0.4) is 0 Å². The first-order chi connectivity index (χ1) is 13.5. The zero-order valence-corrected chi connectivity index (χ0v) is 16.5. The van der Waals surface area contributed by atoms with Crippen molar-refractivity contribution in [3.05, 3.63) is 76.0 Å². The van der Waals surface area contributed by atoms with E-state index in [0.29, 0.717) is 35.7 Å². The highest BCUT2D eigenvalue weighted by atomic mass is 79.9. The Hall–Kier alpha value is -2.93. The number of carbonyl (C=O) groups excluding carboxylic acids is 3. The molecule has 2 aliphatic heterocycles. The molecule has 0 aliphatic carbocycles. The van der Waals surface area contributed by atoms with Crippen molar-refractivity contribution in [2.45, 2.75) is 6.42 Å². The van der Waals surface area contributed by atoms with Gasteiger partial charge in [0.25, 0.3) is 0 Å². The first-order valence-electron chi connectivity index (χ1n) is 8.99. The third-order valence-corrected chi connectivity index (χ3v) is 5.39. The minimum Gasteiger partial charge on any atom is -0.369 e. The molecular weight excluding hydrogens is 422 g/mol. The van der Waals surface area contributed by atoms with Gasteiger partial charge in [-0.25, -0.2) is 0 Å². The Kier molecular flexibility index (Phi) is 5.00. The fourth-order valence-electron chi connectivity index (χ4n) is 3.56. The number of nitrogens with zero attached hydrogens (tertiary/aromatic N) is 1.